The van der Waals surface area contributed by atoms with Crippen molar-refractivity contribution in [3.8, 4) is 22.8 Å². The molecule has 1 amide bonds. The molecule has 5 rings (SSSR count). The Hall–Kier alpha value is -4.50. The van der Waals surface area contributed by atoms with E-state index in [2.05, 4.69) is 20.6 Å². The zero-order valence-corrected chi connectivity index (χ0v) is 25.2. The summed E-state index contributed by atoms with van der Waals surface area (Å²) in [6, 6.07) is 8.75. The van der Waals surface area contributed by atoms with Gasteiger partial charge in [0.2, 0.25) is 11.5 Å². The molecule has 47 heavy (non-hydrogen) atoms. The maximum absolute atomic E-state index is 14.9. The molecule has 4 aromatic rings. The number of nitrogens with one attached hydrogen (secondary N) is 2. The van der Waals surface area contributed by atoms with E-state index in [1.165, 1.54) is 51.3 Å². The molecule has 3 N–H and O–H groups in total. The normalized spacial score (nSPS) is 18.0. The van der Waals surface area contributed by atoms with E-state index in [1.807, 2.05) is 0 Å². The summed E-state index contributed by atoms with van der Waals surface area (Å²) in [5.74, 6) is -2.11. The number of benzene rings is 2. The third-order valence-corrected chi connectivity index (χ3v) is 8.12. The Morgan fingerprint density at radius 1 is 1.11 bits per heavy atom. The van der Waals surface area contributed by atoms with Crippen LogP contribution in [-0.2, 0) is 15.8 Å². The van der Waals surface area contributed by atoms with E-state index in [4.69, 9.17) is 9.47 Å². The Morgan fingerprint density at radius 2 is 1.81 bits per heavy atom. The van der Waals surface area contributed by atoms with E-state index in [1.54, 1.807) is 0 Å². The quantitative estimate of drug-likeness (QED) is 0.186. The Labute approximate surface area is 263 Å². The highest BCUT2D eigenvalue weighted by Gasteiger charge is 2.57. The first-order chi connectivity index (χ1) is 22.1. The molecule has 2 aromatic heterocycles. The van der Waals surface area contributed by atoms with E-state index in [-0.39, 0.29) is 28.3 Å². The molecule has 8 nitrogen and oxygen atoms in total. The first-order valence-corrected chi connectivity index (χ1v) is 14.2. The summed E-state index contributed by atoms with van der Waals surface area (Å²) in [6.45, 7) is 0.222. The van der Waals surface area contributed by atoms with Crippen LogP contribution >= 0.6 is 0 Å². The number of carbonyl (C=O) groups is 1. The molecule has 250 valence electrons. The van der Waals surface area contributed by atoms with Gasteiger partial charge in [-0.25, -0.2) is 27.5 Å². The molecule has 3 heterocycles. The summed E-state index contributed by atoms with van der Waals surface area (Å²) in [5.41, 5.74) is -5.91. The monoisotopic (exact) mass is 666 g/mol. The molecule has 3 unspecified atom stereocenters. The Kier molecular flexibility index (Phi) is 9.08. The van der Waals surface area contributed by atoms with Gasteiger partial charge in [-0.3, -0.25) is 4.79 Å². The van der Waals surface area contributed by atoms with Crippen molar-refractivity contribution in [1.82, 2.24) is 20.6 Å². The van der Waals surface area contributed by atoms with Crippen LogP contribution in [0.5, 0.6) is 11.5 Å². The van der Waals surface area contributed by atoms with Gasteiger partial charge in [-0.15, -0.1) is 0 Å². The van der Waals surface area contributed by atoms with Crippen molar-refractivity contribution in [3.63, 3.8) is 0 Å². The van der Waals surface area contributed by atoms with Crippen LogP contribution in [0.1, 0.15) is 36.7 Å². The van der Waals surface area contributed by atoms with E-state index in [0.29, 0.717) is 16.5 Å². The maximum Gasteiger partial charge on any atom is 0.424 e. The second-order valence-corrected chi connectivity index (χ2v) is 11.4. The maximum atomic E-state index is 14.9. The van der Waals surface area contributed by atoms with Crippen molar-refractivity contribution in [2.45, 2.75) is 43.5 Å². The fourth-order valence-electron chi connectivity index (χ4n) is 5.32. The second kappa shape index (κ2) is 12.6. The van der Waals surface area contributed by atoms with E-state index >= 15 is 0 Å². The molecular weight excluding hydrogens is 637 g/mol. The molecule has 0 radical (unpaired) electrons. The predicted molar refractivity (Wildman–Crippen MR) is 156 cm³/mol. The number of hydrogen-bond donors (Lipinski definition) is 3. The summed E-state index contributed by atoms with van der Waals surface area (Å²) in [5, 5.41) is 16.5. The van der Waals surface area contributed by atoms with Gasteiger partial charge < -0.3 is 25.2 Å². The molecular formula is C32H29F7N4O4. The summed E-state index contributed by atoms with van der Waals surface area (Å²) in [4.78, 5) is 21.2. The molecule has 3 atom stereocenters. The highest BCUT2D eigenvalue weighted by molar-refractivity contribution is 5.91. The number of aromatic nitrogens is 2. The highest BCUT2D eigenvalue weighted by Crippen LogP contribution is 2.48. The minimum absolute atomic E-state index is 0.108. The summed E-state index contributed by atoms with van der Waals surface area (Å²) < 4.78 is 109. The van der Waals surface area contributed by atoms with Crippen molar-refractivity contribution in [2.75, 3.05) is 26.8 Å². The van der Waals surface area contributed by atoms with Gasteiger partial charge in [0.1, 0.15) is 46.4 Å². The van der Waals surface area contributed by atoms with Crippen LogP contribution in [0, 0.1) is 11.6 Å². The largest absolute Gasteiger partial charge is 0.494 e. The number of carbonyl (C=O) groups excluding carboxylic acids is 1. The molecule has 0 saturated heterocycles. The van der Waals surface area contributed by atoms with Crippen LogP contribution in [-0.4, -0.2) is 60.4 Å². The summed E-state index contributed by atoms with van der Waals surface area (Å²) in [7, 11) is 1.35. The Morgan fingerprint density at radius 3 is 2.45 bits per heavy atom. The molecule has 0 bridgehead atoms. The van der Waals surface area contributed by atoms with Crippen molar-refractivity contribution in [2.24, 2.45) is 0 Å². The van der Waals surface area contributed by atoms with E-state index < -0.39 is 72.6 Å². The number of hydrogen-bond acceptors (Lipinski definition) is 7. The standard InChI is InChI=1S/C32H29F7N4O4/c1-16(18-8-19-9-21(34)12-40-26(19)23(10-18)46-3)42-14-31(45,32(37,38)39)24-11-22-28(27(43-24)17-4-6-20(33)7-5-17)47-15-30(22,2)29(44)41-13-25(35)36/h4-12,16,25,42,45H,13-15H2,1-3H3,(H,41,44). The van der Waals surface area contributed by atoms with Gasteiger partial charge in [-0.1, -0.05) is 0 Å². The zero-order chi connectivity index (χ0) is 34.3. The van der Waals surface area contributed by atoms with Crippen molar-refractivity contribution < 1.29 is 50.1 Å². The third-order valence-electron chi connectivity index (χ3n) is 8.12. The number of rotatable bonds is 10. The molecule has 1 aliphatic heterocycles. The first kappa shape index (κ1) is 33.9. The molecule has 0 aliphatic carbocycles. The molecule has 0 fully saturated rings. The Balaban J connectivity index is 1.58. The van der Waals surface area contributed by atoms with Crippen LogP contribution in [0.25, 0.3) is 22.2 Å². The molecule has 0 spiro atoms. The van der Waals surface area contributed by atoms with Crippen molar-refractivity contribution >= 4 is 16.8 Å². The van der Waals surface area contributed by atoms with E-state index in [9.17, 15) is 40.6 Å². The van der Waals surface area contributed by atoms with Crippen LogP contribution in [0.4, 0.5) is 30.7 Å². The first-order valence-electron chi connectivity index (χ1n) is 14.2. The number of alkyl halides is 5. The van der Waals surface area contributed by atoms with Gasteiger partial charge in [0, 0.05) is 29.1 Å². The SMILES string of the molecule is COc1cc(C(C)NCC(O)(c2cc3c(c(-c4ccc(F)cc4)n2)OCC3(C)C(=O)NCC(F)F)C(F)(F)F)cc2cc(F)cnc12. The van der Waals surface area contributed by atoms with Crippen molar-refractivity contribution in [1.29, 1.82) is 0 Å². The predicted octanol–water partition coefficient (Wildman–Crippen LogP) is 5.72. The summed E-state index contributed by atoms with van der Waals surface area (Å²) >= 11 is 0. The number of halogens is 7. The Bertz CT molecular complexity index is 1810. The fraction of sp³-hybridized carbons (Fsp3) is 0.344. The van der Waals surface area contributed by atoms with Crippen molar-refractivity contribution in [3.05, 3.63) is 83.2 Å². The molecule has 1 aliphatic rings. The van der Waals surface area contributed by atoms with Gasteiger partial charge in [0.25, 0.3) is 6.43 Å². The number of pyridine rings is 2. The average molecular weight is 667 g/mol. The number of fused-ring (bicyclic) bond motifs is 2. The molecule has 0 saturated carbocycles. The average Bonchev–Trinajstić information content (AvgIpc) is 3.38. The van der Waals surface area contributed by atoms with Crippen LogP contribution < -0.4 is 20.1 Å². The van der Waals surface area contributed by atoms with E-state index in [0.717, 1.165) is 24.4 Å². The lowest BCUT2D eigenvalue weighted by molar-refractivity contribution is -0.266. The number of aliphatic hydroxyl groups is 1. The lowest BCUT2D eigenvalue weighted by atomic mass is 9.81. The van der Waals surface area contributed by atoms with Gasteiger partial charge in [0.15, 0.2) is 0 Å². The molecule has 2 aromatic carbocycles. The van der Waals surface area contributed by atoms with Gasteiger partial charge in [-0.05, 0) is 67.9 Å². The zero-order valence-electron chi connectivity index (χ0n) is 25.2. The minimum atomic E-state index is -5.34. The number of nitrogens with zero attached hydrogens (tertiary/aromatic N) is 2. The summed E-state index contributed by atoms with van der Waals surface area (Å²) in [6.07, 6.45) is -7.24. The lowest BCUT2D eigenvalue weighted by Crippen LogP contribution is -2.51. The van der Waals surface area contributed by atoms with Crippen LogP contribution in [0.3, 0.4) is 0 Å². The topological polar surface area (TPSA) is 106 Å². The smallest absolute Gasteiger partial charge is 0.424 e. The fourth-order valence-corrected chi connectivity index (χ4v) is 5.32. The minimum Gasteiger partial charge on any atom is -0.494 e. The molecule has 15 heteroatoms. The van der Waals surface area contributed by atoms with Crippen LogP contribution in [0.2, 0.25) is 0 Å². The third kappa shape index (κ3) is 6.41. The number of ether oxygens (including phenoxy) is 2. The van der Waals surface area contributed by atoms with Gasteiger partial charge in [0.05, 0.1) is 25.5 Å². The number of amides is 1. The lowest BCUT2D eigenvalue weighted by Gasteiger charge is -2.33. The van der Waals surface area contributed by atoms with Gasteiger partial charge >= 0.3 is 6.18 Å². The second-order valence-electron chi connectivity index (χ2n) is 11.4. The number of methoxy groups -OCH3 is 1. The highest BCUT2D eigenvalue weighted by atomic mass is 19.4. The van der Waals surface area contributed by atoms with Crippen LogP contribution in [0.15, 0.2) is 54.7 Å². The van der Waals surface area contributed by atoms with Gasteiger partial charge in [-0.2, -0.15) is 13.2 Å².